The third kappa shape index (κ3) is 4.91. The van der Waals surface area contributed by atoms with Crippen LogP contribution in [0.4, 0.5) is 5.69 Å². The summed E-state index contributed by atoms with van der Waals surface area (Å²) >= 11 is 0. The van der Waals surface area contributed by atoms with Gasteiger partial charge in [-0.3, -0.25) is 29.2 Å². The van der Waals surface area contributed by atoms with Gasteiger partial charge in [-0.15, -0.1) is 5.10 Å². The van der Waals surface area contributed by atoms with E-state index in [2.05, 4.69) is 28.2 Å². The lowest BCUT2D eigenvalue weighted by Gasteiger charge is -2.34. The van der Waals surface area contributed by atoms with Crippen molar-refractivity contribution in [3.05, 3.63) is 33.8 Å². The van der Waals surface area contributed by atoms with Gasteiger partial charge in [0.25, 0.3) is 0 Å². The van der Waals surface area contributed by atoms with E-state index in [1.54, 1.807) is 0 Å². The van der Waals surface area contributed by atoms with E-state index in [1.165, 1.54) is 23.6 Å². The van der Waals surface area contributed by atoms with Crippen molar-refractivity contribution in [1.82, 2.24) is 29.4 Å². The number of piperazine rings is 1. The van der Waals surface area contributed by atoms with E-state index in [4.69, 9.17) is 4.74 Å². The second-order valence-electron chi connectivity index (χ2n) is 7.05. The highest BCUT2D eigenvalue weighted by atomic mass is 16.6. The lowest BCUT2D eigenvalue weighted by molar-refractivity contribution is -0.385. The first-order chi connectivity index (χ1) is 13.9. The Morgan fingerprint density at radius 2 is 1.93 bits per heavy atom. The fourth-order valence-electron chi connectivity index (χ4n) is 3.42. The molecule has 2 aromatic heterocycles. The highest BCUT2D eigenvalue weighted by molar-refractivity contribution is 5.76. The molecule has 11 heteroatoms. The van der Waals surface area contributed by atoms with Crippen molar-refractivity contribution in [2.24, 2.45) is 0 Å². The Labute approximate surface area is 169 Å². The lowest BCUT2D eigenvalue weighted by atomic mass is 10.2. The number of hydrogen-bond donors (Lipinski definition) is 0. The summed E-state index contributed by atoms with van der Waals surface area (Å²) in [6.07, 6.45) is 3.62. The Morgan fingerprint density at radius 3 is 2.48 bits per heavy atom. The van der Waals surface area contributed by atoms with Gasteiger partial charge in [0.15, 0.2) is 0 Å². The van der Waals surface area contributed by atoms with Crippen LogP contribution in [0, 0.1) is 17.0 Å². The van der Waals surface area contributed by atoms with E-state index in [0.717, 1.165) is 31.9 Å². The van der Waals surface area contributed by atoms with Crippen LogP contribution >= 0.6 is 0 Å². The van der Waals surface area contributed by atoms with Crippen LogP contribution in [-0.2, 0) is 24.4 Å². The SMILES string of the molecule is CCn1cc(CN2CCN(C(=O)CCn3cc([N+](=O)[O-])c(OC)n3)CC2)c(C)n1. The van der Waals surface area contributed by atoms with Crippen LogP contribution in [0.25, 0.3) is 0 Å². The Kier molecular flexibility index (Phi) is 6.47. The zero-order valence-corrected chi connectivity index (χ0v) is 17.1. The summed E-state index contributed by atoms with van der Waals surface area (Å²) in [6.45, 7) is 9.02. The van der Waals surface area contributed by atoms with Crippen LogP contribution < -0.4 is 4.74 Å². The summed E-state index contributed by atoms with van der Waals surface area (Å²) in [5, 5.41) is 19.5. The number of aromatic nitrogens is 4. The van der Waals surface area contributed by atoms with Gasteiger partial charge in [-0.2, -0.15) is 5.10 Å². The second kappa shape index (κ2) is 9.03. The molecule has 29 heavy (non-hydrogen) atoms. The first-order valence-electron chi connectivity index (χ1n) is 9.70. The number of carbonyl (C=O) groups excluding carboxylic acids is 1. The molecular formula is C18H27N7O4. The molecule has 0 saturated carbocycles. The molecule has 0 N–H and O–H groups in total. The highest BCUT2D eigenvalue weighted by Crippen LogP contribution is 2.24. The highest BCUT2D eigenvalue weighted by Gasteiger charge is 2.23. The standard InChI is InChI=1S/C18H27N7O4/c1-4-23-12-15(14(2)19-23)11-21-7-9-22(10-8-21)17(26)5-6-24-13-16(25(27)28)18(20-24)29-3/h12-13H,4-11H2,1-3H3. The van der Waals surface area contributed by atoms with E-state index in [1.807, 2.05) is 16.5 Å². The predicted molar refractivity (Wildman–Crippen MR) is 105 cm³/mol. The molecule has 3 rings (SSSR count). The predicted octanol–water partition coefficient (Wildman–Crippen LogP) is 1.06. The first-order valence-corrected chi connectivity index (χ1v) is 9.70. The zero-order chi connectivity index (χ0) is 21.0. The Balaban J connectivity index is 1.47. The molecule has 2 aromatic rings. The van der Waals surface area contributed by atoms with Crippen LogP contribution in [-0.4, -0.2) is 73.5 Å². The average molecular weight is 405 g/mol. The van der Waals surface area contributed by atoms with E-state index >= 15 is 0 Å². The minimum Gasteiger partial charge on any atom is -0.475 e. The molecule has 0 bridgehead atoms. The van der Waals surface area contributed by atoms with Crippen molar-refractivity contribution in [3.8, 4) is 5.88 Å². The Morgan fingerprint density at radius 1 is 1.21 bits per heavy atom. The third-order valence-corrected chi connectivity index (χ3v) is 5.15. The van der Waals surface area contributed by atoms with E-state index in [9.17, 15) is 14.9 Å². The molecule has 0 aliphatic carbocycles. The fraction of sp³-hybridized carbons (Fsp3) is 0.611. The normalized spacial score (nSPS) is 14.9. The van der Waals surface area contributed by atoms with Crippen molar-refractivity contribution >= 4 is 11.6 Å². The third-order valence-electron chi connectivity index (χ3n) is 5.15. The van der Waals surface area contributed by atoms with Gasteiger partial charge >= 0.3 is 11.6 Å². The van der Waals surface area contributed by atoms with Gasteiger partial charge < -0.3 is 9.64 Å². The van der Waals surface area contributed by atoms with Gasteiger partial charge in [-0.05, 0) is 13.8 Å². The summed E-state index contributed by atoms with van der Waals surface area (Å²) in [6, 6.07) is 0. The number of carbonyl (C=O) groups is 1. The Bertz CT molecular complexity index is 868. The molecule has 0 radical (unpaired) electrons. The van der Waals surface area contributed by atoms with Gasteiger partial charge in [0.05, 0.1) is 24.3 Å². The summed E-state index contributed by atoms with van der Waals surface area (Å²) in [7, 11) is 1.33. The molecule has 1 saturated heterocycles. The minimum absolute atomic E-state index is 0.0248. The number of amides is 1. The number of nitro groups is 1. The number of nitrogens with zero attached hydrogens (tertiary/aromatic N) is 7. The molecule has 11 nitrogen and oxygen atoms in total. The Hall–Kier alpha value is -2.95. The van der Waals surface area contributed by atoms with Gasteiger partial charge in [0.1, 0.15) is 6.20 Å². The van der Waals surface area contributed by atoms with Crippen LogP contribution in [0.5, 0.6) is 5.88 Å². The number of methoxy groups -OCH3 is 1. The van der Waals surface area contributed by atoms with Gasteiger partial charge in [0, 0.05) is 57.4 Å². The van der Waals surface area contributed by atoms with Crippen LogP contribution in [0.2, 0.25) is 0 Å². The molecule has 0 aromatic carbocycles. The molecule has 0 unspecified atom stereocenters. The smallest absolute Gasteiger partial charge is 0.350 e. The van der Waals surface area contributed by atoms with E-state index in [0.29, 0.717) is 13.1 Å². The molecule has 1 fully saturated rings. The molecule has 1 aliphatic rings. The zero-order valence-electron chi connectivity index (χ0n) is 17.1. The molecule has 1 amide bonds. The monoisotopic (exact) mass is 405 g/mol. The number of ether oxygens (including phenoxy) is 1. The number of hydrogen-bond acceptors (Lipinski definition) is 7. The quantitative estimate of drug-likeness (QED) is 0.477. The van der Waals surface area contributed by atoms with Crippen molar-refractivity contribution < 1.29 is 14.5 Å². The maximum absolute atomic E-state index is 12.5. The van der Waals surface area contributed by atoms with E-state index in [-0.39, 0.29) is 30.4 Å². The molecule has 0 atom stereocenters. The van der Waals surface area contributed by atoms with Crippen molar-refractivity contribution in [3.63, 3.8) is 0 Å². The average Bonchev–Trinajstić information content (AvgIpc) is 3.30. The van der Waals surface area contributed by atoms with Crippen LogP contribution in [0.1, 0.15) is 24.6 Å². The first kappa shape index (κ1) is 20.8. The summed E-state index contributed by atoms with van der Waals surface area (Å²) < 4.78 is 8.24. The second-order valence-corrected chi connectivity index (χ2v) is 7.05. The maximum atomic E-state index is 12.5. The van der Waals surface area contributed by atoms with Crippen molar-refractivity contribution in [2.75, 3.05) is 33.3 Å². The lowest BCUT2D eigenvalue weighted by Crippen LogP contribution is -2.48. The summed E-state index contributed by atoms with van der Waals surface area (Å²) in [5.41, 5.74) is 2.07. The molecular weight excluding hydrogens is 378 g/mol. The van der Waals surface area contributed by atoms with Gasteiger partial charge in [-0.1, -0.05) is 0 Å². The van der Waals surface area contributed by atoms with Crippen molar-refractivity contribution in [2.45, 2.75) is 39.9 Å². The van der Waals surface area contributed by atoms with Gasteiger partial charge in [0.2, 0.25) is 5.91 Å². The largest absolute Gasteiger partial charge is 0.475 e. The minimum atomic E-state index is -0.546. The number of aryl methyl sites for hydroxylation is 3. The maximum Gasteiger partial charge on any atom is 0.350 e. The van der Waals surface area contributed by atoms with Crippen molar-refractivity contribution in [1.29, 1.82) is 0 Å². The van der Waals surface area contributed by atoms with Crippen LogP contribution in [0.15, 0.2) is 12.4 Å². The molecule has 158 valence electrons. The molecule has 0 spiro atoms. The van der Waals surface area contributed by atoms with Crippen LogP contribution in [0.3, 0.4) is 0 Å². The number of rotatable bonds is 8. The fourth-order valence-corrected chi connectivity index (χ4v) is 3.42. The van der Waals surface area contributed by atoms with Gasteiger partial charge in [-0.25, -0.2) is 0 Å². The summed E-state index contributed by atoms with van der Waals surface area (Å²) in [4.78, 5) is 27.1. The summed E-state index contributed by atoms with van der Waals surface area (Å²) in [5.74, 6) is -0.0190. The topological polar surface area (TPSA) is 112 Å². The molecule has 1 aliphatic heterocycles. The van der Waals surface area contributed by atoms with E-state index < -0.39 is 4.92 Å². The molecule has 3 heterocycles.